The van der Waals surface area contributed by atoms with Crippen molar-refractivity contribution in [2.24, 2.45) is 0 Å². The molecular formula is C14H20N2O3. The van der Waals surface area contributed by atoms with Crippen molar-refractivity contribution >= 4 is 11.8 Å². The molecule has 3 N–H and O–H groups in total. The zero-order valence-electron chi connectivity index (χ0n) is 11.5. The summed E-state index contributed by atoms with van der Waals surface area (Å²) in [6.45, 7) is 5.52. The lowest BCUT2D eigenvalue weighted by molar-refractivity contribution is -0.118. The summed E-state index contributed by atoms with van der Waals surface area (Å²) in [4.78, 5) is 22.5. The Bertz CT molecular complexity index is 464. The molecule has 0 saturated carbocycles. The third kappa shape index (κ3) is 5.09. The van der Waals surface area contributed by atoms with E-state index in [1.54, 1.807) is 38.1 Å². The van der Waals surface area contributed by atoms with Crippen molar-refractivity contribution in [1.82, 2.24) is 10.6 Å². The van der Waals surface area contributed by atoms with Crippen molar-refractivity contribution < 1.29 is 14.7 Å². The van der Waals surface area contributed by atoms with Gasteiger partial charge in [0, 0.05) is 25.6 Å². The van der Waals surface area contributed by atoms with Crippen LogP contribution in [0.1, 0.15) is 36.7 Å². The summed E-state index contributed by atoms with van der Waals surface area (Å²) in [6, 6.07) is 6.85. The molecule has 1 aromatic rings. The molecule has 5 nitrogen and oxygen atoms in total. The van der Waals surface area contributed by atoms with E-state index in [2.05, 4.69) is 10.6 Å². The van der Waals surface area contributed by atoms with Crippen LogP contribution < -0.4 is 10.6 Å². The molecule has 0 spiro atoms. The van der Waals surface area contributed by atoms with Crippen molar-refractivity contribution in [1.29, 1.82) is 0 Å². The molecule has 0 bridgehead atoms. The molecular weight excluding hydrogens is 244 g/mol. The fourth-order valence-corrected chi connectivity index (χ4v) is 1.56. The van der Waals surface area contributed by atoms with Crippen molar-refractivity contribution in [3.63, 3.8) is 0 Å². The Labute approximate surface area is 113 Å². The molecule has 0 fully saturated rings. The van der Waals surface area contributed by atoms with Crippen LogP contribution >= 0.6 is 0 Å². The van der Waals surface area contributed by atoms with E-state index < -0.39 is 5.60 Å². The zero-order chi connectivity index (χ0) is 14.5. The topological polar surface area (TPSA) is 78.4 Å². The summed E-state index contributed by atoms with van der Waals surface area (Å²) < 4.78 is 0. The minimum absolute atomic E-state index is 0.127. The lowest BCUT2D eigenvalue weighted by Crippen LogP contribution is -2.33. The van der Waals surface area contributed by atoms with E-state index in [0.717, 1.165) is 0 Å². The molecule has 0 unspecified atom stereocenters. The molecule has 0 atom stereocenters. The van der Waals surface area contributed by atoms with E-state index in [4.69, 9.17) is 0 Å². The smallest absolute Gasteiger partial charge is 0.251 e. The first-order valence-corrected chi connectivity index (χ1v) is 6.16. The number of amides is 2. The maximum Gasteiger partial charge on any atom is 0.251 e. The van der Waals surface area contributed by atoms with Gasteiger partial charge in [-0.15, -0.1) is 0 Å². The maximum absolute atomic E-state index is 11.9. The van der Waals surface area contributed by atoms with Gasteiger partial charge in [-0.2, -0.15) is 0 Å². The van der Waals surface area contributed by atoms with Gasteiger partial charge in [0.2, 0.25) is 5.91 Å². The average molecular weight is 264 g/mol. The third-order valence-corrected chi connectivity index (χ3v) is 2.62. The van der Waals surface area contributed by atoms with Crippen LogP contribution in [0.4, 0.5) is 0 Å². The summed E-state index contributed by atoms with van der Waals surface area (Å²) >= 11 is 0. The van der Waals surface area contributed by atoms with Gasteiger partial charge in [0.15, 0.2) is 0 Å². The average Bonchev–Trinajstić information content (AvgIpc) is 2.33. The van der Waals surface area contributed by atoms with Gasteiger partial charge in [-0.25, -0.2) is 0 Å². The van der Waals surface area contributed by atoms with Gasteiger partial charge in [0.05, 0.1) is 5.60 Å². The Morgan fingerprint density at radius 1 is 1.21 bits per heavy atom. The highest BCUT2D eigenvalue weighted by Gasteiger charge is 2.17. The second-order valence-electron chi connectivity index (χ2n) is 4.88. The number of rotatable bonds is 5. The van der Waals surface area contributed by atoms with Crippen LogP contribution in [0.25, 0.3) is 0 Å². The minimum atomic E-state index is -0.980. The highest BCUT2D eigenvalue weighted by atomic mass is 16.3. The monoisotopic (exact) mass is 264 g/mol. The van der Waals surface area contributed by atoms with Gasteiger partial charge >= 0.3 is 0 Å². The van der Waals surface area contributed by atoms with E-state index in [0.29, 0.717) is 24.2 Å². The lowest BCUT2D eigenvalue weighted by Gasteiger charge is -2.18. The van der Waals surface area contributed by atoms with Crippen molar-refractivity contribution in [3.05, 3.63) is 35.4 Å². The zero-order valence-corrected chi connectivity index (χ0v) is 11.5. The first kappa shape index (κ1) is 15.2. The third-order valence-electron chi connectivity index (χ3n) is 2.62. The van der Waals surface area contributed by atoms with Crippen LogP contribution in [0.15, 0.2) is 24.3 Å². The summed E-state index contributed by atoms with van der Waals surface area (Å²) in [5.41, 5.74) is 0.191. The van der Waals surface area contributed by atoms with E-state index in [1.807, 2.05) is 0 Å². The first-order valence-electron chi connectivity index (χ1n) is 6.16. The number of nitrogens with one attached hydrogen (secondary N) is 2. The first-order chi connectivity index (χ1) is 8.80. The highest BCUT2D eigenvalue weighted by molar-refractivity contribution is 5.94. The lowest BCUT2D eigenvalue weighted by atomic mass is 9.96. The molecule has 19 heavy (non-hydrogen) atoms. The van der Waals surface area contributed by atoms with Gasteiger partial charge in [-0.05, 0) is 31.5 Å². The normalized spacial score (nSPS) is 10.9. The molecule has 104 valence electrons. The number of carbonyl (C=O) groups excluding carboxylic acids is 2. The molecule has 2 amide bonds. The second kappa shape index (κ2) is 6.33. The predicted molar refractivity (Wildman–Crippen MR) is 72.7 cm³/mol. The van der Waals surface area contributed by atoms with Gasteiger partial charge in [0.25, 0.3) is 5.91 Å². The Hall–Kier alpha value is -1.88. The summed E-state index contributed by atoms with van der Waals surface area (Å²) in [7, 11) is 0. The fraction of sp³-hybridized carbons (Fsp3) is 0.429. The number of carbonyl (C=O) groups is 2. The van der Waals surface area contributed by atoms with Crippen molar-refractivity contribution in [2.75, 3.05) is 13.1 Å². The van der Waals surface area contributed by atoms with Gasteiger partial charge in [-0.3, -0.25) is 9.59 Å². The molecule has 0 saturated heterocycles. The largest absolute Gasteiger partial charge is 0.386 e. The molecule has 0 aliphatic rings. The van der Waals surface area contributed by atoms with Crippen LogP contribution in [0, 0.1) is 0 Å². The maximum atomic E-state index is 11.9. The molecule has 0 radical (unpaired) electrons. The molecule has 0 aliphatic carbocycles. The predicted octanol–water partition coefficient (Wildman–Crippen LogP) is 0.780. The Morgan fingerprint density at radius 3 is 2.42 bits per heavy atom. The number of hydrogen-bond donors (Lipinski definition) is 3. The van der Waals surface area contributed by atoms with Gasteiger partial charge in [0.1, 0.15) is 0 Å². The Morgan fingerprint density at radius 2 is 1.84 bits per heavy atom. The van der Waals surface area contributed by atoms with Crippen LogP contribution in [0.2, 0.25) is 0 Å². The minimum Gasteiger partial charge on any atom is -0.386 e. The van der Waals surface area contributed by atoms with Crippen molar-refractivity contribution in [3.8, 4) is 0 Å². The Balaban J connectivity index is 2.60. The van der Waals surface area contributed by atoms with Crippen LogP contribution in [0.5, 0.6) is 0 Å². The number of hydrogen-bond acceptors (Lipinski definition) is 3. The molecule has 0 heterocycles. The summed E-state index contributed by atoms with van der Waals surface area (Å²) in [5.74, 6) is -0.352. The molecule has 5 heteroatoms. The Kier molecular flexibility index (Phi) is 5.06. The van der Waals surface area contributed by atoms with Crippen LogP contribution in [0.3, 0.4) is 0 Å². The number of aliphatic hydroxyl groups is 1. The summed E-state index contributed by atoms with van der Waals surface area (Å²) in [5, 5.41) is 15.2. The van der Waals surface area contributed by atoms with E-state index in [9.17, 15) is 14.7 Å². The fourth-order valence-electron chi connectivity index (χ4n) is 1.56. The van der Waals surface area contributed by atoms with Gasteiger partial charge < -0.3 is 15.7 Å². The molecule has 1 rings (SSSR count). The van der Waals surface area contributed by atoms with E-state index in [-0.39, 0.29) is 11.8 Å². The SMILES string of the molecule is CC(=O)NCCNC(=O)c1cccc(C(C)(C)O)c1. The van der Waals surface area contributed by atoms with Crippen LogP contribution in [-0.2, 0) is 10.4 Å². The summed E-state index contributed by atoms with van der Waals surface area (Å²) in [6.07, 6.45) is 0. The van der Waals surface area contributed by atoms with E-state index >= 15 is 0 Å². The van der Waals surface area contributed by atoms with Crippen LogP contribution in [-0.4, -0.2) is 30.0 Å². The molecule has 0 aromatic heterocycles. The highest BCUT2D eigenvalue weighted by Crippen LogP contribution is 2.20. The molecule has 0 aliphatic heterocycles. The van der Waals surface area contributed by atoms with E-state index in [1.165, 1.54) is 6.92 Å². The van der Waals surface area contributed by atoms with Gasteiger partial charge in [-0.1, -0.05) is 12.1 Å². The second-order valence-corrected chi connectivity index (χ2v) is 4.88. The standard InChI is InChI=1S/C14H20N2O3/c1-10(17)15-7-8-16-13(18)11-5-4-6-12(9-11)14(2,3)19/h4-6,9,19H,7-8H2,1-3H3,(H,15,17)(H,16,18). The van der Waals surface area contributed by atoms with Crippen molar-refractivity contribution in [2.45, 2.75) is 26.4 Å². The quantitative estimate of drug-likeness (QED) is 0.688. The molecule has 1 aromatic carbocycles. The number of benzene rings is 1.